The van der Waals surface area contributed by atoms with Crippen LogP contribution in [0.1, 0.15) is 79.5 Å². The van der Waals surface area contributed by atoms with Crippen molar-refractivity contribution in [3.05, 3.63) is 79.9 Å². The fraction of sp³-hybridized carbons (Fsp3) is 0.529. The molecule has 0 bridgehead atoms. The molecule has 2 aliphatic carbocycles. The molecule has 0 N–H and O–H groups in total. The van der Waals surface area contributed by atoms with Gasteiger partial charge in [0, 0.05) is 0 Å². The molecule has 2 nitrogen and oxygen atoms in total. The van der Waals surface area contributed by atoms with E-state index >= 15 is 0 Å². The van der Waals surface area contributed by atoms with Gasteiger partial charge in [-0.1, -0.05) is 0 Å². The third-order valence-corrected chi connectivity index (χ3v) is 58.6. The molecule has 8 heteroatoms. The van der Waals surface area contributed by atoms with Gasteiger partial charge in [0.1, 0.15) is 0 Å². The first-order valence-corrected chi connectivity index (χ1v) is 37.5. The van der Waals surface area contributed by atoms with Crippen molar-refractivity contribution in [2.45, 2.75) is 114 Å². The Balaban J connectivity index is 2.02. The summed E-state index contributed by atoms with van der Waals surface area (Å²) in [4.78, 5) is 0. The van der Waals surface area contributed by atoms with E-state index in [1.165, 1.54) is 66.8 Å². The minimum atomic E-state index is -4.82. The van der Waals surface area contributed by atoms with Crippen LogP contribution in [-0.4, -0.2) is 22.1 Å². The monoisotopic (exact) mass is 736 g/mol. The summed E-state index contributed by atoms with van der Waals surface area (Å²) in [6.45, 7) is 33.4. The zero-order valence-electron chi connectivity index (χ0n) is 28.5. The molecule has 42 heavy (non-hydrogen) atoms. The van der Waals surface area contributed by atoms with Crippen LogP contribution in [0.4, 0.5) is 0 Å². The first kappa shape index (κ1) is 34.8. The number of aryl methyl sites for hydroxylation is 2. The molecule has 0 amide bonds. The predicted molar refractivity (Wildman–Crippen MR) is 190 cm³/mol. The van der Waals surface area contributed by atoms with Crippen LogP contribution in [-0.2, 0) is 37.1 Å². The Kier molecular flexibility index (Phi) is 9.65. The summed E-state index contributed by atoms with van der Waals surface area (Å²) < 4.78 is 13.1. The van der Waals surface area contributed by atoms with Crippen LogP contribution in [0.25, 0.3) is 11.1 Å². The Morgan fingerprint density at radius 2 is 0.976 bits per heavy atom. The molecule has 4 rings (SSSR count). The van der Waals surface area contributed by atoms with Gasteiger partial charge in [-0.05, 0) is 0 Å². The van der Waals surface area contributed by atoms with Crippen molar-refractivity contribution < 1.29 is 23.9 Å². The second kappa shape index (κ2) is 11.6. The van der Waals surface area contributed by atoms with E-state index in [0.717, 1.165) is 0 Å². The average molecular weight is 739 g/mol. The van der Waals surface area contributed by atoms with Crippen molar-refractivity contribution in [1.82, 2.24) is 0 Å². The summed E-state index contributed by atoms with van der Waals surface area (Å²) in [6.07, 6.45) is 0. The number of benzene rings is 2. The molecule has 0 saturated heterocycles. The molecule has 0 saturated carbocycles. The van der Waals surface area contributed by atoms with Crippen molar-refractivity contribution in [3.8, 4) is 0 Å². The van der Waals surface area contributed by atoms with Crippen molar-refractivity contribution in [3.63, 3.8) is 0 Å². The third kappa shape index (κ3) is 5.83. The molecule has 2 aromatic carbocycles. The molecule has 230 valence electrons. The number of allylic oxidation sites excluding steroid dienone is 4. The van der Waals surface area contributed by atoms with Gasteiger partial charge in [-0.15, -0.1) is 0 Å². The van der Waals surface area contributed by atoms with E-state index in [1.807, 2.05) is 0 Å². The van der Waals surface area contributed by atoms with Crippen LogP contribution < -0.4 is 0 Å². The Labute approximate surface area is 266 Å². The summed E-state index contributed by atoms with van der Waals surface area (Å²) in [5.41, 5.74) is 15.0. The summed E-state index contributed by atoms with van der Waals surface area (Å²) in [5.74, 6) is 0. The number of hydrogen-bond donors (Lipinski definition) is 0. The topological polar surface area (TPSA) is 18.5 Å². The molecule has 2 atom stereocenters. The molecular weight excluding hydrogens is 687 g/mol. The fourth-order valence-electron chi connectivity index (χ4n) is 7.32. The maximum absolute atomic E-state index is 8.57. The molecule has 2 unspecified atom stereocenters. The molecule has 0 aromatic heterocycles. The second-order valence-corrected chi connectivity index (χ2v) is 62.9. The van der Waals surface area contributed by atoms with Gasteiger partial charge >= 0.3 is 268 Å². The van der Waals surface area contributed by atoms with Crippen molar-refractivity contribution >= 4 is 50.2 Å². The first-order chi connectivity index (χ1) is 19.1. The van der Waals surface area contributed by atoms with E-state index in [1.54, 1.807) is 0 Å². The Hall–Kier alpha value is -0.0462. The van der Waals surface area contributed by atoms with Crippen LogP contribution in [0.3, 0.4) is 0 Å². The zero-order valence-corrected chi connectivity index (χ0v) is 35.4. The van der Waals surface area contributed by atoms with E-state index in [9.17, 15) is 0 Å². The molecule has 0 radical (unpaired) electrons. The predicted octanol–water partition coefficient (Wildman–Crippen LogP) is 11.7. The van der Waals surface area contributed by atoms with Crippen LogP contribution >= 0.6 is 17.0 Å². The van der Waals surface area contributed by atoms with Crippen molar-refractivity contribution in [2.24, 2.45) is 0 Å². The van der Waals surface area contributed by atoms with Crippen LogP contribution in [0.2, 0.25) is 52.4 Å². The number of rotatable bonds is 8. The quantitative estimate of drug-likeness (QED) is 0.251. The SMILES string of the molecule is CC1=C(C)[CH]([Zr]([Cl])([Cl])([CH]2C(C)=C(C)c3c(CO[Si](C)(C)C)ccc(C)c32)=[Si](C)C)c2c(C)ccc(CO[Si](C)(C)C)c21. The summed E-state index contributed by atoms with van der Waals surface area (Å²) >= 11 is -4.82. The zero-order chi connectivity index (χ0) is 31.8. The normalized spacial score (nSPS) is 19.5. The van der Waals surface area contributed by atoms with Gasteiger partial charge in [-0.3, -0.25) is 0 Å². The van der Waals surface area contributed by atoms with Crippen LogP contribution in [0.5, 0.6) is 0 Å². The number of hydrogen-bond acceptors (Lipinski definition) is 2. The van der Waals surface area contributed by atoms with E-state index in [-0.39, 0.29) is 7.25 Å². The maximum atomic E-state index is 8.57. The summed E-state index contributed by atoms with van der Waals surface area (Å²) in [6, 6.07) is 9.13. The average Bonchev–Trinajstić information content (AvgIpc) is 3.30. The minimum absolute atomic E-state index is 0.0838. The summed E-state index contributed by atoms with van der Waals surface area (Å²) in [7, 11) is 13.8. The van der Waals surface area contributed by atoms with E-state index < -0.39 is 37.1 Å². The molecular formula is C34H52Cl2O2Si3Zr. The molecule has 2 aliphatic rings. The Morgan fingerprint density at radius 1 is 0.643 bits per heavy atom. The van der Waals surface area contributed by atoms with Gasteiger partial charge in [0.15, 0.2) is 0 Å². The van der Waals surface area contributed by atoms with Gasteiger partial charge in [-0.2, -0.15) is 0 Å². The Morgan fingerprint density at radius 3 is 1.26 bits per heavy atom. The van der Waals surface area contributed by atoms with E-state index in [0.29, 0.717) is 13.2 Å². The molecule has 0 heterocycles. The number of halogens is 2. The molecule has 0 fully saturated rings. The molecule has 0 aliphatic heterocycles. The second-order valence-electron chi connectivity index (χ2n) is 15.1. The van der Waals surface area contributed by atoms with Gasteiger partial charge in [0.25, 0.3) is 0 Å². The third-order valence-electron chi connectivity index (χ3n) is 9.81. The van der Waals surface area contributed by atoms with Crippen LogP contribution in [0, 0.1) is 13.8 Å². The standard InChI is InChI=1S/2C16H23OSi.C2H6Si.2ClH.Zr/c2*1-11-7-8-14(10-17-18(4,5)6)16-13(3)12(2)9-15(11)16;1-3-2;;;/h2*7-9H,10H2,1-6H3;1-2H3;2*1H;/q;;;;;+2/p-2. The van der Waals surface area contributed by atoms with E-state index in [4.69, 9.17) is 25.9 Å². The van der Waals surface area contributed by atoms with Gasteiger partial charge in [0.05, 0.1) is 0 Å². The van der Waals surface area contributed by atoms with E-state index in [2.05, 4.69) is 118 Å². The molecule has 2 aromatic rings. The van der Waals surface area contributed by atoms with Gasteiger partial charge in [0.2, 0.25) is 0 Å². The van der Waals surface area contributed by atoms with Crippen molar-refractivity contribution in [2.75, 3.05) is 0 Å². The van der Waals surface area contributed by atoms with Crippen molar-refractivity contribution in [1.29, 1.82) is 0 Å². The Bertz CT molecular complexity index is 1490. The summed E-state index contributed by atoms with van der Waals surface area (Å²) in [5, 5.41) is 0. The number of fused-ring (bicyclic) bond motifs is 2. The van der Waals surface area contributed by atoms with Crippen LogP contribution in [0.15, 0.2) is 35.4 Å². The van der Waals surface area contributed by atoms with Gasteiger partial charge < -0.3 is 0 Å². The molecule has 0 spiro atoms. The first-order valence-electron chi connectivity index (χ1n) is 15.4. The fourth-order valence-corrected chi connectivity index (χ4v) is 39.1. The van der Waals surface area contributed by atoms with Gasteiger partial charge in [-0.25, -0.2) is 0 Å².